The number of ether oxygens (including phenoxy) is 4. The van der Waals surface area contributed by atoms with E-state index < -0.39 is 104 Å². The number of carbonyl (C=O) groups excluding carboxylic acids is 2. The van der Waals surface area contributed by atoms with Crippen LogP contribution in [0.1, 0.15) is 96.1 Å². The van der Waals surface area contributed by atoms with Crippen LogP contribution in [0.3, 0.4) is 0 Å². The zero-order valence-electron chi connectivity index (χ0n) is 74.2. The molecule has 2 aliphatic heterocycles. The van der Waals surface area contributed by atoms with Crippen LogP contribution in [0.15, 0.2) is 188 Å². The van der Waals surface area contributed by atoms with Crippen LogP contribution in [0, 0.1) is 54.0 Å². The third kappa shape index (κ3) is 59.8. The summed E-state index contributed by atoms with van der Waals surface area (Å²) >= 11 is 3.64. The first-order valence-electron chi connectivity index (χ1n) is 37.1. The van der Waals surface area contributed by atoms with Gasteiger partial charge in [-0.1, -0.05) is 101 Å². The number of carbonyl (C=O) groups is 4. The molecule has 10 aromatic rings. The number of hydrogen-bond acceptors (Lipinski definition) is 19. The molecule has 0 saturated carbocycles. The molecule has 2 saturated heterocycles. The number of aliphatic hydroxyl groups excluding tert-OH is 1. The second-order valence-corrected chi connectivity index (χ2v) is 32.8. The Morgan fingerprint density at radius 2 is 0.971 bits per heavy atom. The standard InChI is InChI=1S/C18H24N2.C17H20F4N2O4.C12H5F5N.C12H8F2N.C10H8N2.C5H3BrFN.C4H10O2.2C2HF3O2.CH2O3.2ClH.2Cs.F6P.Ir.Ni.H/c1-17(2,3)13-7-9-19-15(11-13)16-12-14(8-10-20-16)18(4,5)6;18-12-1-2-13(22-8-12)11-7-16(26-10-11)3-5-23(6-4-16)15(25)27-14(9-24)17(19,20)21;13-8-2-3-9(10(14)5-8)11-4-1-7(6-18-11)12(15,16)17;1-8-2-5-12(15-7-8)10-4-3-9(13)6-11(10)14;1-3-7-11-9(5-1)10-6-2-4-8-12-10;6-5-2-1-4(7)3-8-5;1-5-3-4-6-2;2*3-2(4,5)1(6)7;2-1-4-3;;;;;1-7(2,3,4,5)6;;;/h7-12H,1-6H3;1-2,8,11,14,24H,3-7,9-10H2;1-2,4-6H;2-3,5-7H,1H3;1-8H;1-3H;3-4H2,1-2H3;2*(H,6,7);1,3H;2*1H;;;;;;/q;;2*-1;;;;;;;;;2*+1;-1;+3;+2;-1/p-3/t;11?,14-;;;;;;;;;;;;;;;;/m.1................/s1. The van der Waals surface area contributed by atoms with E-state index in [4.69, 9.17) is 60.1 Å². The number of amides is 1. The Morgan fingerprint density at radius 3 is 1.26 bits per heavy atom. The van der Waals surface area contributed by atoms with Gasteiger partial charge in [0.25, 0.3) is 6.47 Å². The number of alkyl halides is 12. The minimum Gasteiger partial charge on any atom is -1.00 e. The van der Waals surface area contributed by atoms with Crippen LogP contribution in [0.25, 0.3) is 45.3 Å². The van der Waals surface area contributed by atoms with Crippen molar-refractivity contribution >= 4 is 68.6 Å². The topological polar surface area (TPSA) is 305 Å². The molecule has 3 N–H and O–H groups in total. The number of aromatic nitrogens is 8. The number of hydrogen-bond donors (Lipinski definition) is 3. The number of methoxy groups -OCH3 is 2. The normalized spacial score (nSPS) is 13.5. The minimum absolute atomic E-state index is 0. The maximum absolute atomic E-state index is 13.3. The summed E-state index contributed by atoms with van der Waals surface area (Å²) in [6.07, 6.45) is -9.74. The van der Waals surface area contributed by atoms with Crippen LogP contribution in [-0.2, 0) is 88.0 Å². The summed E-state index contributed by atoms with van der Waals surface area (Å²) in [6.45, 7) is 15.9. The second kappa shape index (κ2) is 63.3. The minimum atomic E-state index is -10.7. The van der Waals surface area contributed by atoms with Gasteiger partial charge in [-0.15, -0.1) is 24.3 Å². The first-order valence-corrected chi connectivity index (χ1v) is 42.6. The van der Waals surface area contributed by atoms with Crippen LogP contribution < -0.4 is 143 Å². The average Bonchev–Trinajstić information content (AvgIpc) is 1.06. The number of pyridine rings is 8. The second-order valence-electron chi connectivity index (χ2n) is 28.5. The molecule has 137 heavy (non-hydrogen) atoms. The molecule has 2 fully saturated rings. The number of carboxylic acids is 2. The Bertz CT molecular complexity index is 5040. The van der Waals surface area contributed by atoms with Gasteiger partial charge >= 0.3 is 267 Å². The van der Waals surface area contributed by atoms with Crippen molar-refractivity contribution in [2.75, 3.05) is 53.7 Å². The van der Waals surface area contributed by atoms with Crippen molar-refractivity contribution in [2.45, 2.75) is 121 Å². The number of aliphatic carboxylic acids is 2. The number of nitrogens with zero attached hydrogens (tertiary/aromatic N) is 9. The number of aliphatic hydroxyl groups is 1. The van der Waals surface area contributed by atoms with E-state index in [1.165, 1.54) is 28.2 Å². The number of likely N-dealkylation sites (tertiary alicyclic amines) is 1. The predicted octanol–water partition coefficient (Wildman–Crippen LogP) is 17.3. The summed E-state index contributed by atoms with van der Waals surface area (Å²) in [6, 6.07) is 39.4. The maximum atomic E-state index is 13.3. The van der Waals surface area contributed by atoms with Crippen LogP contribution in [0.5, 0.6) is 0 Å². The Hall–Kier alpha value is -5.82. The van der Waals surface area contributed by atoms with Gasteiger partial charge < -0.3 is 60.7 Å². The summed E-state index contributed by atoms with van der Waals surface area (Å²) in [5.74, 6) is -9.26. The molecule has 1 unspecified atom stereocenters. The zero-order chi connectivity index (χ0) is 103. The summed E-state index contributed by atoms with van der Waals surface area (Å²) in [5.41, 5.74) is 7.27. The van der Waals surface area contributed by atoms with Gasteiger partial charge in [0, 0.05) is 99.4 Å². The molecular weight excluding hydrogens is 2490 g/mol. The summed E-state index contributed by atoms with van der Waals surface area (Å²) in [5, 5.41) is 31.4. The van der Waals surface area contributed by atoms with Crippen molar-refractivity contribution in [2.24, 2.45) is 0 Å². The molecule has 2 aromatic carbocycles. The maximum Gasteiger partial charge on any atom is 3.00 e. The first-order chi connectivity index (χ1) is 61.8. The first kappa shape index (κ1) is 135. The number of piperidine rings is 1. The van der Waals surface area contributed by atoms with Crippen LogP contribution in [0.4, 0.5) is 109 Å². The molecule has 12 rings (SSSR count). The molecule has 0 aliphatic carbocycles. The van der Waals surface area contributed by atoms with Gasteiger partial charge in [-0.3, -0.25) is 47.3 Å². The van der Waals surface area contributed by atoms with Crippen molar-refractivity contribution in [1.29, 1.82) is 0 Å². The number of halogens is 27. The van der Waals surface area contributed by atoms with Crippen molar-refractivity contribution in [3.8, 4) is 45.3 Å². The molecule has 1 amide bonds. The van der Waals surface area contributed by atoms with Crippen LogP contribution in [-0.4, -0.2) is 169 Å². The van der Waals surface area contributed by atoms with Crippen LogP contribution in [0.2, 0.25) is 0 Å². The van der Waals surface area contributed by atoms with Gasteiger partial charge in [0.1, 0.15) is 16.2 Å². The van der Waals surface area contributed by atoms with Gasteiger partial charge in [0.15, 0.2) is 0 Å². The van der Waals surface area contributed by atoms with Gasteiger partial charge in [-0.2, -0.15) is 52.7 Å². The Morgan fingerprint density at radius 1 is 0.577 bits per heavy atom. The predicted molar refractivity (Wildman–Crippen MR) is 440 cm³/mol. The molecule has 2 aliphatic rings. The quantitative estimate of drug-likeness (QED) is 0.0125. The third-order valence-corrected chi connectivity index (χ3v) is 16.6. The summed E-state index contributed by atoms with van der Waals surface area (Å²) in [4.78, 5) is 74.7. The van der Waals surface area contributed by atoms with E-state index in [0.29, 0.717) is 74.3 Å². The fourth-order valence-corrected chi connectivity index (χ4v) is 9.98. The van der Waals surface area contributed by atoms with Gasteiger partial charge in [0.2, 0.25) is 6.10 Å². The zero-order valence-corrected chi connectivity index (χ0v) is 93.1. The fraction of sp³-hybridized carbons (Fsp3) is 0.325. The number of rotatable bonds is 11. The van der Waals surface area contributed by atoms with Gasteiger partial charge in [0.05, 0.1) is 72.8 Å². The molecular formula is C83H82BrCl2Cs2F24IrN9NiO13P. The largest absolute Gasteiger partial charge is 3.00 e. The monoisotopic (exact) mass is 2570 g/mol. The molecule has 1 spiro atoms. The van der Waals surface area contributed by atoms with E-state index in [9.17, 15) is 109 Å². The van der Waals surface area contributed by atoms with E-state index in [1.54, 1.807) is 51.0 Å². The van der Waals surface area contributed by atoms with Crippen molar-refractivity contribution in [3.05, 3.63) is 263 Å². The molecule has 752 valence electrons. The van der Waals surface area contributed by atoms with E-state index in [0.717, 1.165) is 76.8 Å². The molecule has 10 heterocycles. The molecule has 0 radical (unpaired) electrons. The van der Waals surface area contributed by atoms with E-state index >= 15 is 0 Å². The number of carboxylic acid groups (broad SMARTS) is 2. The number of aryl methyl sites for hydroxylation is 1. The summed E-state index contributed by atoms with van der Waals surface area (Å²) < 4.78 is 295. The van der Waals surface area contributed by atoms with E-state index in [2.05, 4.69) is 153 Å². The smallest absolute Gasteiger partial charge is 1.00 e. The molecule has 2 atom stereocenters. The average molecular weight is 2570 g/mol. The van der Waals surface area contributed by atoms with E-state index in [1.807, 2.05) is 61.8 Å². The Labute approximate surface area is 924 Å². The van der Waals surface area contributed by atoms with Gasteiger partial charge in [-0.25, -0.2) is 28.1 Å². The van der Waals surface area contributed by atoms with Crippen molar-refractivity contribution < 1.29 is 340 Å². The SMILES string of the molecule is CC(C)(C)c1ccnc(-c2cc(C(C)(C)C)ccn2)c1.COCCOC.Cc1ccc(-c2[c-]cc(F)cc2F)nc1.F[P-](F)(F)(F)(F)F.Fc1c[c-]c(-c2ccc(C(F)(F)F)cn2)c(F)c1.Fc1ccc(Br)nc1.O=C(O)C(F)(F)F.O=C(O)C(F)(F)F.O=C(O[C@H](CO)C(F)(F)F)N1CCC2(CC1)CC(c1ccc(F)cn1)CO2.O=CO[O-].[Cl][Ni][Cl].[Cs+].[Cs+].[H-].[Ir+3].c1ccc(-c2ccccn2)nc1. The molecule has 8 aromatic heterocycles. The molecule has 54 heteroatoms. The third-order valence-electron chi connectivity index (χ3n) is 16.1. The number of benzene rings is 2. The summed E-state index contributed by atoms with van der Waals surface area (Å²) in [7, 11) is 2.05. The van der Waals surface area contributed by atoms with E-state index in [-0.39, 0.29) is 218 Å². The Kier molecular flexibility index (Phi) is 62.6. The van der Waals surface area contributed by atoms with Gasteiger partial charge in [-0.05, 0) is 154 Å². The Balaban J connectivity index is -0.000000740. The molecule has 0 bridgehead atoms. The van der Waals surface area contributed by atoms with Crippen molar-refractivity contribution in [3.63, 3.8) is 0 Å². The molecule has 22 nitrogen and oxygen atoms in total. The van der Waals surface area contributed by atoms with Crippen molar-refractivity contribution in [1.82, 2.24) is 44.8 Å². The van der Waals surface area contributed by atoms with Crippen LogP contribution >= 0.6 is 44.1 Å². The fourth-order valence-electron chi connectivity index (χ4n) is 9.75.